The summed E-state index contributed by atoms with van der Waals surface area (Å²) in [7, 11) is 1.58. The lowest BCUT2D eigenvalue weighted by Gasteiger charge is -2.13. The molecule has 0 radical (unpaired) electrons. The minimum absolute atomic E-state index is 0.113. The van der Waals surface area contributed by atoms with E-state index < -0.39 is 0 Å². The number of carbonyl (C=O) groups excluding carboxylic acids is 1. The summed E-state index contributed by atoms with van der Waals surface area (Å²) in [4.78, 5) is 11.0. The Kier molecular flexibility index (Phi) is 4.12. The van der Waals surface area contributed by atoms with Crippen molar-refractivity contribution in [3.8, 4) is 5.75 Å². The zero-order valence-corrected chi connectivity index (χ0v) is 9.04. The Morgan fingerprint density at radius 1 is 1.53 bits per heavy atom. The van der Waals surface area contributed by atoms with Gasteiger partial charge >= 0.3 is 0 Å². The molecule has 0 heterocycles. The van der Waals surface area contributed by atoms with Crippen LogP contribution in [-0.2, 0) is 11.2 Å². The number of para-hydroxylation sites is 1. The van der Waals surface area contributed by atoms with Crippen molar-refractivity contribution in [3.63, 3.8) is 0 Å². The van der Waals surface area contributed by atoms with Gasteiger partial charge in [0.05, 0.1) is 12.8 Å². The van der Waals surface area contributed by atoms with E-state index in [1.807, 2.05) is 18.2 Å². The highest BCUT2D eigenvalue weighted by atomic mass is 16.5. The number of methoxy groups -OCH3 is 1. The topological polar surface area (TPSA) is 64.3 Å². The van der Waals surface area contributed by atoms with Gasteiger partial charge in [-0.15, -0.1) is 0 Å². The van der Waals surface area contributed by atoms with E-state index >= 15 is 0 Å². The van der Waals surface area contributed by atoms with Gasteiger partial charge < -0.3 is 15.8 Å². The number of hydrogen-bond donors (Lipinski definition) is 2. The number of amides is 1. The van der Waals surface area contributed by atoms with Gasteiger partial charge in [-0.2, -0.15) is 0 Å². The summed E-state index contributed by atoms with van der Waals surface area (Å²) in [6, 6.07) is 5.63. The molecule has 1 aromatic rings. The summed E-state index contributed by atoms with van der Waals surface area (Å²) in [5.74, 6) is 0.550. The molecule has 0 saturated heterocycles. The molecule has 82 valence electrons. The number of hydrogen-bond acceptors (Lipinski definition) is 3. The Bertz CT molecular complexity index is 350. The lowest BCUT2D eigenvalue weighted by Crippen LogP contribution is -2.12. The third kappa shape index (κ3) is 2.95. The molecule has 3 N–H and O–H groups in total. The molecular weight excluding hydrogens is 192 g/mol. The van der Waals surface area contributed by atoms with Gasteiger partial charge in [0.2, 0.25) is 5.91 Å². The second-order valence-corrected chi connectivity index (χ2v) is 3.21. The van der Waals surface area contributed by atoms with E-state index in [2.05, 4.69) is 5.32 Å². The number of benzene rings is 1. The molecule has 0 aliphatic heterocycles. The summed E-state index contributed by atoms with van der Waals surface area (Å²) in [5, 5.41) is 2.76. The van der Waals surface area contributed by atoms with Gasteiger partial charge in [0.25, 0.3) is 0 Å². The molecule has 4 heteroatoms. The van der Waals surface area contributed by atoms with Gasteiger partial charge in [-0.05, 0) is 24.6 Å². The molecule has 0 aliphatic carbocycles. The van der Waals surface area contributed by atoms with Crippen LogP contribution in [0.25, 0.3) is 0 Å². The fraction of sp³-hybridized carbons (Fsp3) is 0.364. The third-order valence-corrected chi connectivity index (χ3v) is 2.05. The van der Waals surface area contributed by atoms with E-state index in [1.165, 1.54) is 6.92 Å². The zero-order valence-electron chi connectivity index (χ0n) is 9.04. The van der Waals surface area contributed by atoms with Crippen molar-refractivity contribution >= 4 is 11.6 Å². The van der Waals surface area contributed by atoms with Gasteiger partial charge in [0.1, 0.15) is 5.75 Å². The fourth-order valence-corrected chi connectivity index (χ4v) is 1.43. The number of nitrogens with two attached hydrogens (primary N) is 1. The smallest absolute Gasteiger partial charge is 0.221 e. The first kappa shape index (κ1) is 11.5. The van der Waals surface area contributed by atoms with Gasteiger partial charge in [-0.1, -0.05) is 12.1 Å². The first-order valence-corrected chi connectivity index (χ1v) is 4.82. The molecular formula is C11H16N2O2. The highest BCUT2D eigenvalue weighted by Crippen LogP contribution is 2.28. The lowest BCUT2D eigenvalue weighted by molar-refractivity contribution is -0.114. The highest BCUT2D eigenvalue weighted by Gasteiger charge is 2.09. The molecule has 0 aliphatic rings. The fourth-order valence-electron chi connectivity index (χ4n) is 1.43. The van der Waals surface area contributed by atoms with E-state index in [0.717, 1.165) is 11.3 Å². The predicted molar refractivity (Wildman–Crippen MR) is 60.1 cm³/mol. The quantitative estimate of drug-likeness (QED) is 0.780. The summed E-state index contributed by atoms with van der Waals surface area (Å²) in [5.41, 5.74) is 7.21. The van der Waals surface area contributed by atoms with Crippen LogP contribution in [0, 0.1) is 0 Å². The molecule has 0 unspecified atom stereocenters. The molecule has 1 amide bonds. The number of ether oxygens (including phenoxy) is 1. The van der Waals surface area contributed by atoms with Crippen LogP contribution in [-0.4, -0.2) is 19.6 Å². The van der Waals surface area contributed by atoms with Crippen LogP contribution in [0.2, 0.25) is 0 Å². The number of carbonyl (C=O) groups is 1. The minimum Gasteiger partial charge on any atom is -0.495 e. The Labute approximate surface area is 89.4 Å². The van der Waals surface area contributed by atoms with E-state index in [9.17, 15) is 4.79 Å². The summed E-state index contributed by atoms with van der Waals surface area (Å²) >= 11 is 0. The standard InChI is InChI=1S/C11H16N2O2/c1-8(14)13-11-9(6-7-12)4-3-5-10(11)15-2/h3-5H,6-7,12H2,1-2H3,(H,13,14). The minimum atomic E-state index is -0.113. The average Bonchev–Trinajstić information content (AvgIpc) is 2.20. The Hall–Kier alpha value is -1.55. The van der Waals surface area contributed by atoms with E-state index in [-0.39, 0.29) is 5.91 Å². The third-order valence-electron chi connectivity index (χ3n) is 2.05. The van der Waals surface area contributed by atoms with Crippen LogP contribution in [0.3, 0.4) is 0 Å². The first-order chi connectivity index (χ1) is 7.19. The number of nitrogens with one attached hydrogen (secondary N) is 1. The van der Waals surface area contributed by atoms with Crippen LogP contribution >= 0.6 is 0 Å². The molecule has 0 aromatic heterocycles. The molecule has 0 fully saturated rings. The Balaban J connectivity index is 3.08. The van der Waals surface area contributed by atoms with Gasteiger partial charge in [-0.3, -0.25) is 4.79 Å². The molecule has 4 nitrogen and oxygen atoms in total. The Morgan fingerprint density at radius 3 is 2.80 bits per heavy atom. The zero-order chi connectivity index (χ0) is 11.3. The summed E-state index contributed by atoms with van der Waals surface area (Å²) < 4.78 is 5.18. The van der Waals surface area contributed by atoms with E-state index in [1.54, 1.807) is 7.11 Å². The lowest BCUT2D eigenvalue weighted by atomic mass is 10.1. The summed E-state index contributed by atoms with van der Waals surface area (Å²) in [6.07, 6.45) is 0.715. The second kappa shape index (κ2) is 5.36. The molecule has 0 saturated carbocycles. The van der Waals surface area contributed by atoms with Crippen LogP contribution in [0.4, 0.5) is 5.69 Å². The van der Waals surface area contributed by atoms with E-state index in [4.69, 9.17) is 10.5 Å². The van der Waals surface area contributed by atoms with Gasteiger partial charge in [0.15, 0.2) is 0 Å². The first-order valence-electron chi connectivity index (χ1n) is 4.82. The molecule has 1 aromatic carbocycles. The largest absolute Gasteiger partial charge is 0.495 e. The van der Waals surface area contributed by atoms with Crippen molar-refractivity contribution in [3.05, 3.63) is 23.8 Å². The second-order valence-electron chi connectivity index (χ2n) is 3.21. The van der Waals surface area contributed by atoms with Crippen molar-refractivity contribution < 1.29 is 9.53 Å². The van der Waals surface area contributed by atoms with Crippen LogP contribution in [0.1, 0.15) is 12.5 Å². The van der Waals surface area contributed by atoms with Crippen molar-refractivity contribution in [2.45, 2.75) is 13.3 Å². The average molecular weight is 208 g/mol. The number of anilines is 1. The molecule has 15 heavy (non-hydrogen) atoms. The molecule has 0 spiro atoms. The van der Waals surface area contributed by atoms with Gasteiger partial charge in [-0.25, -0.2) is 0 Å². The summed E-state index contributed by atoms with van der Waals surface area (Å²) in [6.45, 7) is 2.01. The van der Waals surface area contributed by atoms with Crippen molar-refractivity contribution in [1.82, 2.24) is 0 Å². The Morgan fingerprint density at radius 2 is 2.27 bits per heavy atom. The van der Waals surface area contributed by atoms with Crippen molar-refractivity contribution in [2.75, 3.05) is 19.0 Å². The van der Waals surface area contributed by atoms with Crippen LogP contribution < -0.4 is 15.8 Å². The SMILES string of the molecule is COc1cccc(CCN)c1NC(C)=O. The maximum atomic E-state index is 11.0. The maximum Gasteiger partial charge on any atom is 0.221 e. The molecule has 0 bridgehead atoms. The predicted octanol–water partition coefficient (Wildman–Crippen LogP) is 1.15. The molecule has 1 rings (SSSR count). The van der Waals surface area contributed by atoms with Gasteiger partial charge in [0, 0.05) is 6.92 Å². The maximum absolute atomic E-state index is 11.0. The number of rotatable bonds is 4. The molecule has 0 atom stereocenters. The van der Waals surface area contributed by atoms with Crippen molar-refractivity contribution in [1.29, 1.82) is 0 Å². The van der Waals surface area contributed by atoms with Crippen LogP contribution in [0.5, 0.6) is 5.75 Å². The monoisotopic (exact) mass is 208 g/mol. The van der Waals surface area contributed by atoms with Crippen LogP contribution in [0.15, 0.2) is 18.2 Å². The highest BCUT2D eigenvalue weighted by molar-refractivity contribution is 5.91. The van der Waals surface area contributed by atoms with E-state index in [0.29, 0.717) is 18.7 Å². The van der Waals surface area contributed by atoms with Crippen molar-refractivity contribution in [2.24, 2.45) is 5.73 Å². The normalized spacial score (nSPS) is 9.80.